The lowest BCUT2D eigenvalue weighted by atomic mass is 10.4. The third-order valence-corrected chi connectivity index (χ3v) is 0.907. The molecular weight excluding hydrogens is 138 g/mol. The summed E-state index contributed by atoms with van der Waals surface area (Å²) in [5.74, 6) is 0. The summed E-state index contributed by atoms with van der Waals surface area (Å²) in [6.07, 6.45) is 11.4. The standard InChI is InChI=1S/C9H13NO/c1-10(2)8-6-4-3-5-7-9-11/h3-9H,1-2H3/b4-3+,7-5+,8-6+. The minimum Gasteiger partial charge on any atom is -0.383 e. The minimum atomic E-state index is 0.750. The summed E-state index contributed by atoms with van der Waals surface area (Å²) in [5.41, 5.74) is 0. The second-order valence-corrected chi connectivity index (χ2v) is 2.21. The van der Waals surface area contributed by atoms with Crippen LogP contribution in [0.4, 0.5) is 0 Å². The second-order valence-electron chi connectivity index (χ2n) is 2.21. The molecule has 0 heterocycles. The van der Waals surface area contributed by atoms with E-state index in [1.165, 1.54) is 6.08 Å². The molecule has 0 saturated heterocycles. The summed E-state index contributed by atoms with van der Waals surface area (Å²) in [5, 5.41) is 0. The van der Waals surface area contributed by atoms with E-state index in [2.05, 4.69) is 0 Å². The molecule has 0 aliphatic heterocycles. The van der Waals surface area contributed by atoms with Crippen LogP contribution in [-0.4, -0.2) is 25.3 Å². The molecule has 0 atom stereocenters. The number of allylic oxidation sites excluding steroid dienone is 5. The second kappa shape index (κ2) is 6.81. The van der Waals surface area contributed by atoms with Crippen molar-refractivity contribution in [2.45, 2.75) is 0 Å². The summed E-state index contributed by atoms with van der Waals surface area (Å²) in [6.45, 7) is 0. The first-order valence-electron chi connectivity index (χ1n) is 3.39. The van der Waals surface area contributed by atoms with Gasteiger partial charge in [0.2, 0.25) is 0 Å². The average Bonchev–Trinajstić information content (AvgIpc) is 1.96. The van der Waals surface area contributed by atoms with Gasteiger partial charge in [0, 0.05) is 14.1 Å². The molecule has 0 fully saturated rings. The summed E-state index contributed by atoms with van der Waals surface area (Å²) in [6, 6.07) is 0. The van der Waals surface area contributed by atoms with Crippen molar-refractivity contribution >= 4 is 6.29 Å². The highest BCUT2D eigenvalue weighted by Gasteiger charge is 1.69. The smallest absolute Gasteiger partial charge is 0.142 e. The zero-order valence-corrected chi connectivity index (χ0v) is 6.90. The van der Waals surface area contributed by atoms with Crippen LogP contribution < -0.4 is 0 Å². The van der Waals surface area contributed by atoms with Crippen molar-refractivity contribution in [2.24, 2.45) is 0 Å². The number of nitrogens with zero attached hydrogens (tertiary/aromatic N) is 1. The fraction of sp³-hybridized carbons (Fsp3) is 0.222. The number of carbonyl (C=O) groups excluding carboxylic acids is 1. The van der Waals surface area contributed by atoms with E-state index in [1.54, 1.807) is 12.2 Å². The largest absolute Gasteiger partial charge is 0.383 e. The van der Waals surface area contributed by atoms with E-state index in [4.69, 9.17) is 0 Å². The van der Waals surface area contributed by atoms with Crippen LogP contribution in [0.1, 0.15) is 0 Å². The van der Waals surface area contributed by atoms with Crippen molar-refractivity contribution in [1.29, 1.82) is 0 Å². The normalized spacial score (nSPS) is 11.8. The molecule has 0 unspecified atom stereocenters. The molecule has 0 amide bonds. The highest BCUT2D eigenvalue weighted by atomic mass is 16.1. The molecule has 2 nitrogen and oxygen atoms in total. The minimum absolute atomic E-state index is 0.750. The van der Waals surface area contributed by atoms with E-state index < -0.39 is 0 Å². The van der Waals surface area contributed by atoms with Crippen LogP contribution in [0.5, 0.6) is 0 Å². The Morgan fingerprint density at radius 3 is 2.00 bits per heavy atom. The Kier molecular flexibility index (Phi) is 5.99. The molecule has 0 aromatic rings. The highest BCUT2D eigenvalue weighted by molar-refractivity contribution is 5.65. The lowest BCUT2D eigenvalue weighted by Crippen LogP contribution is -1.99. The van der Waals surface area contributed by atoms with Crippen LogP contribution in [-0.2, 0) is 4.79 Å². The van der Waals surface area contributed by atoms with Crippen molar-refractivity contribution in [3.8, 4) is 0 Å². The molecular formula is C9H13NO. The maximum atomic E-state index is 9.80. The van der Waals surface area contributed by atoms with E-state index >= 15 is 0 Å². The fourth-order valence-electron chi connectivity index (χ4n) is 0.460. The van der Waals surface area contributed by atoms with Crippen LogP contribution >= 0.6 is 0 Å². The van der Waals surface area contributed by atoms with E-state index in [0.29, 0.717) is 0 Å². The summed E-state index contributed by atoms with van der Waals surface area (Å²) in [4.78, 5) is 11.7. The zero-order valence-electron chi connectivity index (χ0n) is 6.90. The Bertz CT molecular complexity index is 178. The number of hydrogen-bond acceptors (Lipinski definition) is 2. The SMILES string of the molecule is CN(C)/C=C/C=C/C=C/C=O. The number of aldehydes is 1. The maximum Gasteiger partial charge on any atom is 0.142 e. The molecule has 0 N–H and O–H groups in total. The predicted molar refractivity (Wildman–Crippen MR) is 47.2 cm³/mol. The quantitative estimate of drug-likeness (QED) is 0.343. The molecule has 0 aromatic heterocycles. The average molecular weight is 151 g/mol. The van der Waals surface area contributed by atoms with Gasteiger partial charge in [-0.15, -0.1) is 0 Å². The van der Waals surface area contributed by atoms with Crippen LogP contribution in [0.25, 0.3) is 0 Å². The molecule has 0 bridgehead atoms. The first-order chi connectivity index (χ1) is 5.27. The molecule has 11 heavy (non-hydrogen) atoms. The van der Waals surface area contributed by atoms with Crippen molar-refractivity contribution in [3.63, 3.8) is 0 Å². The van der Waals surface area contributed by atoms with Gasteiger partial charge >= 0.3 is 0 Å². The molecule has 0 aliphatic rings. The van der Waals surface area contributed by atoms with Gasteiger partial charge in [-0.1, -0.05) is 18.2 Å². The Labute approximate surface area is 67.5 Å². The van der Waals surface area contributed by atoms with Gasteiger partial charge in [0.05, 0.1) is 0 Å². The molecule has 60 valence electrons. The number of rotatable bonds is 4. The Morgan fingerprint density at radius 1 is 0.909 bits per heavy atom. The Balaban J connectivity index is 3.59. The topological polar surface area (TPSA) is 20.3 Å². The summed E-state index contributed by atoms with van der Waals surface area (Å²) < 4.78 is 0. The van der Waals surface area contributed by atoms with E-state index in [-0.39, 0.29) is 0 Å². The molecule has 0 aromatic carbocycles. The van der Waals surface area contributed by atoms with E-state index in [1.807, 2.05) is 37.3 Å². The molecule has 0 radical (unpaired) electrons. The first-order valence-corrected chi connectivity index (χ1v) is 3.39. The molecule has 0 spiro atoms. The summed E-state index contributed by atoms with van der Waals surface area (Å²) >= 11 is 0. The molecule has 2 heteroatoms. The number of carbonyl (C=O) groups is 1. The summed E-state index contributed by atoms with van der Waals surface area (Å²) in [7, 11) is 3.90. The Hall–Kier alpha value is -1.31. The van der Waals surface area contributed by atoms with Crippen molar-refractivity contribution < 1.29 is 4.79 Å². The van der Waals surface area contributed by atoms with Crippen molar-refractivity contribution in [2.75, 3.05) is 14.1 Å². The molecule has 0 rings (SSSR count). The van der Waals surface area contributed by atoms with E-state index in [9.17, 15) is 4.79 Å². The van der Waals surface area contributed by atoms with E-state index in [0.717, 1.165) is 6.29 Å². The fourth-order valence-corrected chi connectivity index (χ4v) is 0.460. The van der Waals surface area contributed by atoms with Crippen LogP contribution in [0.15, 0.2) is 36.6 Å². The van der Waals surface area contributed by atoms with Crippen molar-refractivity contribution in [1.82, 2.24) is 4.90 Å². The predicted octanol–water partition coefficient (Wildman–Crippen LogP) is 1.37. The van der Waals surface area contributed by atoms with Crippen LogP contribution in [0.3, 0.4) is 0 Å². The van der Waals surface area contributed by atoms with Gasteiger partial charge in [0.15, 0.2) is 0 Å². The van der Waals surface area contributed by atoms with Gasteiger partial charge < -0.3 is 4.90 Å². The van der Waals surface area contributed by atoms with Gasteiger partial charge in [0.1, 0.15) is 6.29 Å². The van der Waals surface area contributed by atoms with Gasteiger partial charge in [0.25, 0.3) is 0 Å². The lowest BCUT2D eigenvalue weighted by molar-refractivity contribution is -0.104. The third-order valence-electron chi connectivity index (χ3n) is 0.907. The van der Waals surface area contributed by atoms with Gasteiger partial charge in [-0.3, -0.25) is 4.79 Å². The molecule has 0 saturated carbocycles. The third kappa shape index (κ3) is 8.69. The molecule has 0 aliphatic carbocycles. The zero-order chi connectivity index (χ0) is 8.53. The lowest BCUT2D eigenvalue weighted by Gasteiger charge is -2.00. The highest BCUT2D eigenvalue weighted by Crippen LogP contribution is 1.81. The van der Waals surface area contributed by atoms with Crippen molar-refractivity contribution in [3.05, 3.63) is 36.6 Å². The monoisotopic (exact) mass is 151 g/mol. The van der Waals surface area contributed by atoms with Gasteiger partial charge in [-0.25, -0.2) is 0 Å². The van der Waals surface area contributed by atoms with Crippen LogP contribution in [0, 0.1) is 0 Å². The Morgan fingerprint density at radius 2 is 1.45 bits per heavy atom. The van der Waals surface area contributed by atoms with Gasteiger partial charge in [-0.2, -0.15) is 0 Å². The first kappa shape index (κ1) is 9.69. The number of hydrogen-bond donors (Lipinski definition) is 0. The maximum absolute atomic E-state index is 9.80. The van der Waals surface area contributed by atoms with Crippen LogP contribution in [0.2, 0.25) is 0 Å². The van der Waals surface area contributed by atoms with Gasteiger partial charge in [-0.05, 0) is 18.4 Å².